The van der Waals surface area contributed by atoms with Gasteiger partial charge >= 0.3 is 18.0 Å². The Kier molecular flexibility index (Phi) is 4.90. The fraction of sp³-hybridized carbons (Fsp3) is 0.700. The van der Waals surface area contributed by atoms with Crippen LogP contribution in [0.15, 0.2) is 0 Å². The lowest BCUT2D eigenvalue weighted by molar-refractivity contribution is -0.147. The van der Waals surface area contributed by atoms with Crippen molar-refractivity contribution in [2.75, 3.05) is 26.9 Å². The summed E-state index contributed by atoms with van der Waals surface area (Å²) >= 11 is 0. The van der Waals surface area contributed by atoms with Crippen LogP contribution in [-0.4, -0.2) is 66.9 Å². The van der Waals surface area contributed by atoms with E-state index in [1.54, 1.807) is 0 Å². The van der Waals surface area contributed by atoms with E-state index in [0.29, 0.717) is 0 Å². The van der Waals surface area contributed by atoms with E-state index in [1.165, 1.54) is 14.0 Å². The van der Waals surface area contributed by atoms with Gasteiger partial charge in [-0.15, -0.1) is 0 Å². The van der Waals surface area contributed by atoms with Crippen molar-refractivity contribution < 1.29 is 29.0 Å². The van der Waals surface area contributed by atoms with Crippen LogP contribution in [0.3, 0.4) is 0 Å². The Balaban J connectivity index is 2.63. The largest absolute Gasteiger partial charge is 0.480 e. The molecule has 1 saturated heterocycles. The monoisotopic (exact) mass is 260 g/mol. The molecule has 8 heteroatoms. The zero-order valence-electron chi connectivity index (χ0n) is 10.2. The van der Waals surface area contributed by atoms with Crippen LogP contribution in [0.25, 0.3) is 0 Å². The summed E-state index contributed by atoms with van der Waals surface area (Å²) < 4.78 is 9.46. The number of ether oxygens (including phenoxy) is 2. The number of hydrogen-bond acceptors (Lipinski definition) is 5. The number of nitrogens with zero attached hydrogens (tertiary/aromatic N) is 1. The third-order valence-corrected chi connectivity index (χ3v) is 2.57. The van der Waals surface area contributed by atoms with Gasteiger partial charge in [-0.1, -0.05) is 0 Å². The molecule has 2 unspecified atom stereocenters. The number of urea groups is 1. The van der Waals surface area contributed by atoms with Gasteiger partial charge in [0.05, 0.1) is 20.3 Å². The predicted octanol–water partition coefficient (Wildman–Crippen LogP) is -0.957. The predicted molar refractivity (Wildman–Crippen MR) is 59.0 cm³/mol. The SMILES string of the molecule is COC(=O)C(C)NC(=O)N1CCOCC1C(=O)O. The Morgan fingerprint density at radius 2 is 2.17 bits per heavy atom. The summed E-state index contributed by atoms with van der Waals surface area (Å²) in [4.78, 5) is 35.1. The molecule has 0 aromatic rings. The molecular formula is C10H16N2O6. The number of amides is 2. The van der Waals surface area contributed by atoms with Crippen LogP contribution >= 0.6 is 0 Å². The highest BCUT2D eigenvalue weighted by Gasteiger charge is 2.33. The molecule has 18 heavy (non-hydrogen) atoms. The molecule has 2 amide bonds. The Morgan fingerprint density at radius 3 is 2.72 bits per heavy atom. The van der Waals surface area contributed by atoms with Crippen molar-refractivity contribution in [3.05, 3.63) is 0 Å². The molecule has 102 valence electrons. The first-order valence-electron chi connectivity index (χ1n) is 5.43. The zero-order valence-corrected chi connectivity index (χ0v) is 10.2. The average molecular weight is 260 g/mol. The van der Waals surface area contributed by atoms with Crippen LogP contribution in [0.1, 0.15) is 6.92 Å². The summed E-state index contributed by atoms with van der Waals surface area (Å²) in [6, 6.07) is -2.49. The molecule has 0 aromatic carbocycles. The van der Waals surface area contributed by atoms with Crippen molar-refractivity contribution in [2.45, 2.75) is 19.0 Å². The highest BCUT2D eigenvalue weighted by atomic mass is 16.5. The molecular weight excluding hydrogens is 244 g/mol. The van der Waals surface area contributed by atoms with Crippen LogP contribution in [0.5, 0.6) is 0 Å². The van der Waals surface area contributed by atoms with E-state index in [0.717, 1.165) is 4.90 Å². The number of rotatable bonds is 3. The van der Waals surface area contributed by atoms with E-state index in [4.69, 9.17) is 9.84 Å². The van der Waals surface area contributed by atoms with Gasteiger partial charge in [0.25, 0.3) is 0 Å². The summed E-state index contributed by atoms with van der Waals surface area (Å²) in [6.45, 7) is 1.83. The second kappa shape index (κ2) is 6.20. The number of esters is 1. The second-order valence-corrected chi connectivity index (χ2v) is 3.82. The van der Waals surface area contributed by atoms with E-state index < -0.39 is 30.1 Å². The number of carboxylic acid groups (broad SMARTS) is 1. The number of aliphatic carboxylic acids is 1. The highest BCUT2D eigenvalue weighted by molar-refractivity contribution is 5.86. The van der Waals surface area contributed by atoms with Crippen LogP contribution in [-0.2, 0) is 19.1 Å². The molecule has 0 spiro atoms. The smallest absolute Gasteiger partial charge is 0.328 e. The lowest BCUT2D eigenvalue weighted by atomic mass is 10.2. The van der Waals surface area contributed by atoms with Crippen LogP contribution in [0.4, 0.5) is 4.79 Å². The molecule has 0 bridgehead atoms. The van der Waals surface area contributed by atoms with Gasteiger partial charge in [0.2, 0.25) is 0 Å². The lowest BCUT2D eigenvalue weighted by Gasteiger charge is -2.33. The molecule has 0 saturated carbocycles. The Labute approximate surface area is 104 Å². The van der Waals surface area contributed by atoms with Gasteiger partial charge in [0, 0.05) is 6.54 Å². The van der Waals surface area contributed by atoms with Crippen molar-refractivity contribution in [1.82, 2.24) is 10.2 Å². The summed E-state index contributed by atoms with van der Waals surface area (Å²) in [7, 11) is 1.21. The van der Waals surface area contributed by atoms with Gasteiger partial charge in [-0.05, 0) is 6.92 Å². The topological polar surface area (TPSA) is 105 Å². The number of hydrogen-bond donors (Lipinski definition) is 2. The van der Waals surface area contributed by atoms with Crippen molar-refractivity contribution in [1.29, 1.82) is 0 Å². The minimum absolute atomic E-state index is 0.0602. The zero-order chi connectivity index (χ0) is 13.7. The van der Waals surface area contributed by atoms with Crippen LogP contribution in [0.2, 0.25) is 0 Å². The van der Waals surface area contributed by atoms with E-state index in [9.17, 15) is 14.4 Å². The molecule has 1 aliphatic heterocycles. The molecule has 2 N–H and O–H groups in total. The van der Waals surface area contributed by atoms with Crippen molar-refractivity contribution >= 4 is 18.0 Å². The Morgan fingerprint density at radius 1 is 1.50 bits per heavy atom. The first kappa shape index (κ1) is 14.2. The van der Waals surface area contributed by atoms with Gasteiger partial charge < -0.3 is 24.8 Å². The maximum atomic E-state index is 11.8. The number of morpholine rings is 1. The molecule has 8 nitrogen and oxygen atoms in total. The van der Waals surface area contributed by atoms with Gasteiger partial charge in [-0.3, -0.25) is 0 Å². The molecule has 0 aromatic heterocycles. The number of carbonyl (C=O) groups excluding carboxylic acids is 2. The summed E-state index contributed by atoms with van der Waals surface area (Å²) in [6.07, 6.45) is 0. The van der Waals surface area contributed by atoms with Crippen molar-refractivity contribution in [2.24, 2.45) is 0 Å². The van der Waals surface area contributed by atoms with Crippen molar-refractivity contribution in [3.63, 3.8) is 0 Å². The molecule has 2 atom stereocenters. The Hall–Kier alpha value is -1.83. The van der Waals surface area contributed by atoms with Crippen molar-refractivity contribution in [3.8, 4) is 0 Å². The normalized spacial score (nSPS) is 21.0. The minimum atomic E-state index is -1.14. The van der Waals surface area contributed by atoms with E-state index >= 15 is 0 Å². The fourth-order valence-electron chi connectivity index (χ4n) is 1.56. The Bertz CT molecular complexity index is 345. The molecule has 0 radical (unpaired) electrons. The fourth-order valence-corrected chi connectivity index (χ4v) is 1.56. The van der Waals surface area contributed by atoms with Gasteiger partial charge in [0.1, 0.15) is 6.04 Å². The van der Waals surface area contributed by atoms with E-state index in [-0.39, 0.29) is 19.8 Å². The molecule has 1 fully saturated rings. The molecule has 1 rings (SSSR count). The number of carbonyl (C=O) groups is 3. The summed E-state index contributed by atoms with van der Waals surface area (Å²) in [5, 5.41) is 11.3. The minimum Gasteiger partial charge on any atom is -0.480 e. The average Bonchev–Trinajstić information content (AvgIpc) is 2.37. The van der Waals surface area contributed by atoms with E-state index in [2.05, 4.69) is 10.1 Å². The molecule has 1 heterocycles. The lowest BCUT2D eigenvalue weighted by Crippen LogP contribution is -2.57. The van der Waals surface area contributed by atoms with Gasteiger partial charge in [0.15, 0.2) is 6.04 Å². The third-order valence-electron chi connectivity index (χ3n) is 2.57. The maximum absolute atomic E-state index is 11.8. The number of nitrogens with one attached hydrogen (secondary N) is 1. The van der Waals surface area contributed by atoms with E-state index in [1.807, 2.05) is 0 Å². The first-order valence-corrected chi connectivity index (χ1v) is 5.43. The maximum Gasteiger partial charge on any atom is 0.328 e. The van der Waals surface area contributed by atoms with Gasteiger partial charge in [-0.25, -0.2) is 14.4 Å². The van der Waals surface area contributed by atoms with Crippen LogP contribution in [0, 0.1) is 0 Å². The molecule has 0 aliphatic carbocycles. The second-order valence-electron chi connectivity index (χ2n) is 3.82. The molecule has 1 aliphatic rings. The van der Waals surface area contributed by atoms with Crippen LogP contribution < -0.4 is 5.32 Å². The standard InChI is InChI=1S/C10H16N2O6/c1-6(9(15)17-2)11-10(16)12-3-4-18-5-7(12)8(13)14/h6-7H,3-5H2,1-2H3,(H,11,16)(H,13,14). The summed E-state index contributed by atoms with van der Waals surface area (Å²) in [5.41, 5.74) is 0. The first-order chi connectivity index (χ1) is 8.47. The number of carboxylic acids is 1. The quantitative estimate of drug-likeness (QED) is 0.633. The highest BCUT2D eigenvalue weighted by Crippen LogP contribution is 2.07. The number of methoxy groups -OCH3 is 1. The summed E-state index contributed by atoms with van der Waals surface area (Å²) in [5.74, 6) is -1.74. The third kappa shape index (κ3) is 3.33. The van der Waals surface area contributed by atoms with Gasteiger partial charge in [-0.2, -0.15) is 0 Å².